The first-order valence-electron chi connectivity index (χ1n) is 7.87. The van der Waals surface area contributed by atoms with E-state index in [4.69, 9.17) is 16.3 Å². The molecule has 0 unspecified atom stereocenters. The van der Waals surface area contributed by atoms with Gasteiger partial charge in [-0.25, -0.2) is 14.8 Å². The summed E-state index contributed by atoms with van der Waals surface area (Å²) in [5, 5.41) is 0.407. The number of imidazole rings is 1. The minimum atomic E-state index is -0.465. The van der Waals surface area contributed by atoms with Crippen LogP contribution in [-0.2, 0) is 11.3 Å². The zero-order chi connectivity index (χ0) is 17.5. The van der Waals surface area contributed by atoms with Gasteiger partial charge in [0.25, 0.3) is 0 Å². The molecule has 1 fully saturated rings. The molecule has 0 radical (unpaired) electrons. The van der Waals surface area contributed by atoms with Crippen molar-refractivity contribution in [2.75, 3.05) is 13.1 Å². The molecular formula is C16H20BrClN4O2. The summed E-state index contributed by atoms with van der Waals surface area (Å²) in [4.78, 5) is 22.5. The second-order valence-electron chi connectivity index (χ2n) is 7.07. The SMILES string of the molecule is CC(C)(C)OC(=O)N1CC[C@@H](Cn2cnc3c(Br)c(Cl)ncc32)C1. The summed E-state index contributed by atoms with van der Waals surface area (Å²) in [6.07, 6.45) is 4.23. The largest absolute Gasteiger partial charge is 0.444 e. The fraction of sp³-hybridized carbons (Fsp3) is 0.562. The van der Waals surface area contributed by atoms with Crippen LogP contribution in [0.25, 0.3) is 11.0 Å². The predicted molar refractivity (Wildman–Crippen MR) is 96.2 cm³/mol. The van der Waals surface area contributed by atoms with Gasteiger partial charge in [-0.1, -0.05) is 11.6 Å². The van der Waals surface area contributed by atoms with Crippen LogP contribution in [0.1, 0.15) is 27.2 Å². The Bertz CT molecular complexity index is 771. The number of halogens is 2. The molecule has 2 aromatic heterocycles. The number of carbonyl (C=O) groups excluding carboxylic acids is 1. The topological polar surface area (TPSA) is 60.2 Å². The number of aromatic nitrogens is 3. The van der Waals surface area contributed by atoms with Crippen molar-refractivity contribution in [3.8, 4) is 0 Å². The van der Waals surface area contributed by atoms with Gasteiger partial charge in [0.05, 0.1) is 22.5 Å². The van der Waals surface area contributed by atoms with Crippen molar-refractivity contribution < 1.29 is 9.53 Å². The molecule has 6 nitrogen and oxygen atoms in total. The number of carbonyl (C=O) groups is 1. The fourth-order valence-electron chi connectivity index (χ4n) is 2.87. The highest BCUT2D eigenvalue weighted by Crippen LogP contribution is 2.29. The number of fused-ring (bicyclic) bond motifs is 1. The van der Waals surface area contributed by atoms with Gasteiger partial charge >= 0.3 is 6.09 Å². The quantitative estimate of drug-likeness (QED) is 0.693. The van der Waals surface area contributed by atoms with Crippen LogP contribution in [0.15, 0.2) is 17.0 Å². The highest BCUT2D eigenvalue weighted by atomic mass is 79.9. The molecule has 0 N–H and O–H groups in total. The van der Waals surface area contributed by atoms with Crippen LogP contribution in [0.4, 0.5) is 4.79 Å². The summed E-state index contributed by atoms with van der Waals surface area (Å²) in [5.41, 5.74) is 1.27. The molecule has 0 saturated carbocycles. The minimum absolute atomic E-state index is 0.239. The molecule has 8 heteroatoms. The van der Waals surface area contributed by atoms with Crippen LogP contribution in [0.2, 0.25) is 5.15 Å². The van der Waals surface area contributed by atoms with E-state index < -0.39 is 5.60 Å². The highest BCUT2D eigenvalue weighted by molar-refractivity contribution is 9.10. The Morgan fingerprint density at radius 2 is 2.21 bits per heavy atom. The van der Waals surface area contributed by atoms with Gasteiger partial charge in [0, 0.05) is 19.6 Å². The van der Waals surface area contributed by atoms with Crippen molar-refractivity contribution in [1.29, 1.82) is 0 Å². The fourth-order valence-corrected chi connectivity index (χ4v) is 3.41. The van der Waals surface area contributed by atoms with E-state index in [-0.39, 0.29) is 6.09 Å². The monoisotopic (exact) mass is 414 g/mol. The average molecular weight is 416 g/mol. The molecule has 3 rings (SSSR count). The Morgan fingerprint density at radius 3 is 2.92 bits per heavy atom. The molecule has 1 amide bonds. The van der Waals surface area contributed by atoms with Gasteiger partial charge in [-0.3, -0.25) is 0 Å². The first-order valence-corrected chi connectivity index (χ1v) is 9.04. The van der Waals surface area contributed by atoms with E-state index in [1.165, 1.54) is 0 Å². The second kappa shape index (κ2) is 6.52. The molecule has 1 atom stereocenters. The first-order chi connectivity index (χ1) is 11.2. The lowest BCUT2D eigenvalue weighted by Crippen LogP contribution is -2.35. The van der Waals surface area contributed by atoms with Gasteiger partial charge in [-0.15, -0.1) is 0 Å². The molecule has 24 heavy (non-hydrogen) atoms. The molecule has 1 aliphatic rings. The summed E-state index contributed by atoms with van der Waals surface area (Å²) in [6.45, 7) is 7.84. The lowest BCUT2D eigenvalue weighted by Gasteiger charge is -2.24. The molecule has 0 spiro atoms. The third-order valence-electron chi connectivity index (χ3n) is 3.96. The number of pyridine rings is 1. The normalized spacial score (nSPS) is 18.4. The summed E-state index contributed by atoms with van der Waals surface area (Å²) >= 11 is 9.43. The van der Waals surface area contributed by atoms with Gasteiger partial charge in [0.1, 0.15) is 16.3 Å². The standard InChI is InChI=1S/C16H20BrClN4O2/c1-16(2,3)24-15(23)21-5-4-10(7-21)8-22-9-20-13-11(22)6-19-14(18)12(13)17/h6,9-10H,4-5,7-8H2,1-3H3/t10-/m1/s1. The predicted octanol–water partition coefficient (Wildman–Crippen LogP) is 4.10. The third kappa shape index (κ3) is 3.67. The lowest BCUT2D eigenvalue weighted by atomic mass is 10.1. The van der Waals surface area contributed by atoms with Gasteiger partial charge in [0.15, 0.2) is 0 Å². The van der Waals surface area contributed by atoms with Crippen molar-refractivity contribution >= 4 is 44.7 Å². The maximum absolute atomic E-state index is 12.2. The molecule has 0 aromatic carbocycles. The van der Waals surface area contributed by atoms with Crippen LogP contribution in [0.5, 0.6) is 0 Å². The summed E-state index contributed by atoms with van der Waals surface area (Å²) in [5.74, 6) is 0.365. The molecule has 3 heterocycles. The maximum atomic E-state index is 12.2. The van der Waals surface area contributed by atoms with E-state index in [0.717, 1.165) is 30.5 Å². The number of nitrogens with zero attached hydrogens (tertiary/aromatic N) is 4. The number of rotatable bonds is 2. The number of amides is 1. The summed E-state index contributed by atoms with van der Waals surface area (Å²) in [6, 6.07) is 0. The maximum Gasteiger partial charge on any atom is 0.410 e. The van der Waals surface area contributed by atoms with E-state index in [1.807, 2.05) is 20.8 Å². The first kappa shape index (κ1) is 17.5. The van der Waals surface area contributed by atoms with Crippen LogP contribution >= 0.6 is 27.5 Å². The average Bonchev–Trinajstić information content (AvgIpc) is 3.09. The number of hydrogen-bond acceptors (Lipinski definition) is 4. The molecule has 130 valence electrons. The van der Waals surface area contributed by atoms with Crippen LogP contribution in [0, 0.1) is 5.92 Å². The van der Waals surface area contributed by atoms with Gasteiger partial charge in [0.2, 0.25) is 0 Å². The van der Waals surface area contributed by atoms with Crippen molar-refractivity contribution in [1.82, 2.24) is 19.4 Å². The Balaban J connectivity index is 1.68. The van der Waals surface area contributed by atoms with E-state index >= 15 is 0 Å². The Morgan fingerprint density at radius 1 is 1.46 bits per heavy atom. The van der Waals surface area contributed by atoms with Crippen LogP contribution in [0.3, 0.4) is 0 Å². The molecule has 2 aromatic rings. The van der Waals surface area contributed by atoms with Crippen molar-refractivity contribution in [2.24, 2.45) is 5.92 Å². The zero-order valence-corrected chi connectivity index (χ0v) is 16.3. The van der Waals surface area contributed by atoms with E-state index in [2.05, 4.69) is 30.5 Å². The third-order valence-corrected chi connectivity index (χ3v) is 5.23. The van der Waals surface area contributed by atoms with E-state index in [1.54, 1.807) is 17.4 Å². The molecule has 1 saturated heterocycles. The minimum Gasteiger partial charge on any atom is -0.444 e. The second-order valence-corrected chi connectivity index (χ2v) is 8.23. The highest BCUT2D eigenvalue weighted by Gasteiger charge is 2.30. The molecule has 0 aliphatic carbocycles. The number of ether oxygens (including phenoxy) is 1. The van der Waals surface area contributed by atoms with Crippen molar-refractivity contribution in [3.05, 3.63) is 22.1 Å². The lowest BCUT2D eigenvalue weighted by molar-refractivity contribution is 0.0287. The smallest absolute Gasteiger partial charge is 0.410 e. The van der Waals surface area contributed by atoms with Gasteiger partial charge in [-0.2, -0.15) is 0 Å². The molecule has 0 bridgehead atoms. The zero-order valence-electron chi connectivity index (χ0n) is 13.9. The molecular weight excluding hydrogens is 396 g/mol. The van der Waals surface area contributed by atoms with Crippen LogP contribution < -0.4 is 0 Å². The number of hydrogen-bond donors (Lipinski definition) is 0. The Labute approximate surface area is 154 Å². The van der Waals surface area contributed by atoms with Crippen molar-refractivity contribution in [3.63, 3.8) is 0 Å². The van der Waals surface area contributed by atoms with Gasteiger partial charge < -0.3 is 14.2 Å². The van der Waals surface area contributed by atoms with E-state index in [9.17, 15) is 4.79 Å². The Kier molecular flexibility index (Phi) is 4.75. The Hall–Kier alpha value is -1.34. The summed E-state index contributed by atoms with van der Waals surface area (Å²) < 4.78 is 8.21. The summed E-state index contributed by atoms with van der Waals surface area (Å²) in [7, 11) is 0. The van der Waals surface area contributed by atoms with Crippen molar-refractivity contribution in [2.45, 2.75) is 39.3 Å². The van der Waals surface area contributed by atoms with Gasteiger partial charge in [-0.05, 0) is 49.0 Å². The van der Waals surface area contributed by atoms with E-state index in [0.29, 0.717) is 22.1 Å². The number of likely N-dealkylation sites (tertiary alicyclic amines) is 1. The van der Waals surface area contributed by atoms with Crippen LogP contribution in [-0.4, -0.2) is 44.2 Å². The molecule has 1 aliphatic heterocycles.